The zero-order valence-corrected chi connectivity index (χ0v) is 9.18. The molecule has 0 aliphatic heterocycles. The standard InChI is InChI=1S/C9H10ClN5/c1-6(2)9-12-13-14-15(9)8-5-3-4-7(10)11-8/h3-6H,1-2H3. The molecule has 2 rings (SSSR count). The number of nitrogens with zero attached hydrogens (tertiary/aromatic N) is 5. The average molecular weight is 224 g/mol. The van der Waals surface area contributed by atoms with Gasteiger partial charge < -0.3 is 0 Å². The first-order valence-electron chi connectivity index (χ1n) is 4.59. The van der Waals surface area contributed by atoms with Gasteiger partial charge in [0.2, 0.25) is 0 Å². The van der Waals surface area contributed by atoms with Gasteiger partial charge in [-0.1, -0.05) is 31.5 Å². The Morgan fingerprint density at radius 2 is 2.13 bits per heavy atom. The third-order valence-corrected chi connectivity index (χ3v) is 2.14. The van der Waals surface area contributed by atoms with Crippen LogP contribution in [0.1, 0.15) is 25.6 Å². The summed E-state index contributed by atoms with van der Waals surface area (Å²) in [6.07, 6.45) is 0. The molecular formula is C9H10ClN5. The second-order valence-corrected chi connectivity index (χ2v) is 3.81. The van der Waals surface area contributed by atoms with Crippen LogP contribution in [0.2, 0.25) is 5.15 Å². The number of tetrazole rings is 1. The van der Waals surface area contributed by atoms with Crippen molar-refractivity contribution in [2.75, 3.05) is 0 Å². The van der Waals surface area contributed by atoms with Crippen molar-refractivity contribution in [3.05, 3.63) is 29.2 Å². The molecule has 0 spiro atoms. The molecule has 0 saturated heterocycles. The SMILES string of the molecule is CC(C)c1nnnn1-c1cccc(Cl)n1. The molecule has 0 fully saturated rings. The van der Waals surface area contributed by atoms with Crippen LogP contribution in [0.25, 0.3) is 5.82 Å². The quantitative estimate of drug-likeness (QED) is 0.729. The van der Waals surface area contributed by atoms with Gasteiger partial charge >= 0.3 is 0 Å². The number of rotatable bonds is 2. The number of halogens is 1. The second-order valence-electron chi connectivity index (χ2n) is 3.42. The van der Waals surface area contributed by atoms with Gasteiger partial charge in [0.05, 0.1) is 0 Å². The average Bonchev–Trinajstić information content (AvgIpc) is 2.65. The minimum atomic E-state index is 0.237. The predicted molar refractivity (Wildman–Crippen MR) is 56.0 cm³/mol. The highest BCUT2D eigenvalue weighted by atomic mass is 35.5. The summed E-state index contributed by atoms with van der Waals surface area (Å²) in [6.45, 7) is 4.04. The molecule has 0 unspecified atom stereocenters. The Morgan fingerprint density at radius 1 is 1.33 bits per heavy atom. The Kier molecular flexibility index (Phi) is 2.64. The minimum absolute atomic E-state index is 0.237. The van der Waals surface area contributed by atoms with Crippen molar-refractivity contribution >= 4 is 11.6 Å². The summed E-state index contributed by atoms with van der Waals surface area (Å²) in [5.41, 5.74) is 0. The van der Waals surface area contributed by atoms with Gasteiger partial charge in [-0.3, -0.25) is 0 Å². The van der Waals surface area contributed by atoms with Gasteiger partial charge in [0.1, 0.15) is 5.15 Å². The van der Waals surface area contributed by atoms with Gasteiger partial charge in [-0.15, -0.1) is 5.10 Å². The molecule has 6 heteroatoms. The summed E-state index contributed by atoms with van der Waals surface area (Å²) in [7, 11) is 0. The van der Waals surface area contributed by atoms with Crippen LogP contribution in [-0.4, -0.2) is 25.2 Å². The topological polar surface area (TPSA) is 56.5 Å². The molecule has 2 aromatic heterocycles. The lowest BCUT2D eigenvalue weighted by atomic mass is 10.2. The number of pyridine rings is 1. The molecular weight excluding hydrogens is 214 g/mol. The van der Waals surface area contributed by atoms with Crippen molar-refractivity contribution in [1.82, 2.24) is 25.2 Å². The molecule has 0 radical (unpaired) electrons. The molecule has 15 heavy (non-hydrogen) atoms. The molecule has 0 bridgehead atoms. The fourth-order valence-electron chi connectivity index (χ4n) is 1.23. The van der Waals surface area contributed by atoms with Crippen molar-refractivity contribution in [3.63, 3.8) is 0 Å². The summed E-state index contributed by atoms with van der Waals surface area (Å²) in [4.78, 5) is 4.14. The normalized spacial score (nSPS) is 10.9. The highest BCUT2D eigenvalue weighted by Gasteiger charge is 2.12. The van der Waals surface area contributed by atoms with Crippen molar-refractivity contribution < 1.29 is 0 Å². The van der Waals surface area contributed by atoms with E-state index in [4.69, 9.17) is 11.6 Å². The molecule has 78 valence electrons. The lowest BCUT2D eigenvalue weighted by Crippen LogP contribution is -2.06. The number of hydrogen-bond acceptors (Lipinski definition) is 4. The van der Waals surface area contributed by atoms with Crippen molar-refractivity contribution in [3.8, 4) is 5.82 Å². The third kappa shape index (κ3) is 1.97. The van der Waals surface area contributed by atoms with Crippen molar-refractivity contribution in [2.24, 2.45) is 0 Å². The highest BCUT2D eigenvalue weighted by molar-refractivity contribution is 6.29. The molecule has 0 aliphatic rings. The first-order chi connectivity index (χ1) is 7.18. The third-order valence-electron chi connectivity index (χ3n) is 1.93. The fraction of sp³-hybridized carbons (Fsp3) is 0.333. The molecule has 0 aromatic carbocycles. The van der Waals surface area contributed by atoms with Crippen LogP contribution >= 0.6 is 11.6 Å². The molecule has 0 N–H and O–H groups in total. The fourth-order valence-corrected chi connectivity index (χ4v) is 1.39. The summed E-state index contributed by atoms with van der Waals surface area (Å²) in [6, 6.07) is 5.34. The van der Waals surface area contributed by atoms with Gasteiger partial charge in [0.25, 0.3) is 0 Å². The van der Waals surface area contributed by atoms with E-state index in [1.165, 1.54) is 0 Å². The zero-order valence-electron chi connectivity index (χ0n) is 8.42. The number of hydrogen-bond donors (Lipinski definition) is 0. The van der Waals surface area contributed by atoms with E-state index in [0.29, 0.717) is 11.0 Å². The highest BCUT2D eigenvalue weighted by Crippen LogP contribution is 2.14. The lowest BCUT2D eigenvalue weighted by molar-refractivity contribution is 0.697. The second kappa shape index (κ2) is 3.94. The van der Waals surface area contributed by atoms with Crippen molar-refractivity contribution in [1.29, 1.82) is 0 Å². The van der Waals surface area contributed by atoms with Gasteiger partial charge in [-0.05, 0) is 22.6 Å². The van der Waals surface area contributed by atoms with E-state index in [2.05, 4.69) is 20.5 Å². The van der Waals surface area contributed by atoms with Crippen LogP contribution in [0.5, 0.6) is 0 Å². The van der Waals surface area contributed by atoms with E-state index < -0.39 is 0 Å². The molecule has 0 amide bonds. The lowest BCUT2D eigenvalue weighted by Gasteiger charge is -2.05. The van der Waals surface area contributed by atoms with Crippen molar-refractivity contribution in [2.45, 2.75) is 19.8 Å². The first-order valence-corrected chi connectivity index (χ1v) is 4.97. The van der Waals surface area contributed by atoms with Gasteiger partial charge in [0, 0.05) is 5.92 Å². The maximum absolute atomic E-state index is 5.80. The maximum Gasteiger partial charge on any atom is 0.161 e. The van der Waals surface area contributed by atoms with E-state index >= 15 is 0 Å². The Labute approximate surface area is 92.1 Å². The predicted octanol–water partition coefficient (Wildman–Crippen LogP) is 1.83. The molecule has 0 saturated carbocycles. The monoisotopic (exact) mass is 223 g/mol. The van der Waals surface area contributed by atoms with Crippen LogP contribution in [0.4, 0.5) is 0 Å². The number of aromatic nitrogens is 5. The van der Waals surface area contributed by atoms with Gasteiger partial charge in [0.15, 0.2) is 11.6 Å². The molecule has 5 nitrogen and oxygen atoms in total. The van der Waals surface area contributed by atoms with Crippen LogP contribution in [0, 0.1) is 0 Å². The van der Waals surface area contributed by atoms with Crippen LogP contribution in [0.15, 0.2) is 18.2 Å². The Balaban J connectivity index is 2.49. The summed E-state index contributed by atoms with van der Waals surface area (Å²) in [5.74, 6) is 1.64. The molecule has 0 aliphatic carbocycles. The Bertz CT molecular complexity index is 465. The van der Waals surface area contributed by atoms with Crippen LogP contribution in [0.3, 0.4) is 0 Å². The Morgan fingerprint density at radius 3 is 2.80 bits per heavy atom. The molecule has 2 heterocycles. The molecule has 2 aromatic rings. The van der Waals surface area contributed by atoms with Crippen LogP contribution < -0.4 is 0 Å². The van der Waals surface area contributed by atoms with E-state index in [-0.39, 0.29) is 5.92 Å². The largest absolute Gasteiger partial charge is 0.217 e. The summed E-state index contributed by atoms with van der Waals surface area (Å²) < 4.78 is 1.59. The van der Waals surface area contributed by atoms with E-state index in [0.717, 1.165) is 5.82 Å². The first kappa shape index (κ1) is 10.0. The van der Waals surface area contributed by atoms with E-state index in [1.54, 1.807) is 10.7 Å². The zero-order chi connectivity index (χ0) is 10.8. The van der Waals surface area contributed by atoms with Crippen LogP contribution in [-0.2, 0) is 0 Å². The van der Waals surface area contributed by atoms with E-state index in [9.17, 15) is 0 Å². The van der Waals surface area contributed by atoms with Gasteiger partial charge in [-0.25, -0.2) is 4.98 Å². The van der Waals surface area contributed by atoms with Gasteiger partial charge in [-0.2, -0.15) is 4.68 Å². The summed E-state index contributed by atoms with van der Waals surface area (Å²) in [5, 5.41) is 11.9. The van der Waals surface area contributed by atoms with E-state index in [1.807, 2.05) is 26.0 Å². The molecule has 0 atom stereocenters. The maximum atomic E-state index is 5.80. The smallest absolute Gasteiger partial charge is 0.161 e. The Hall–Kier alpha value is -1.49. The minimum Gasteiger partial charge on any atom is -0.217 e. The summed E-state index contributed by atoms with van der Waals surface area (Å²) >= 11 is 5.80.